The van der Waals surface area contributed by atoms with Crippen molar-refractivity contribution in [2.24, 2.45) is 0 Å². The highest BCUT2D eigenvalue weighted by Gasteiger charge is 2.25. The summed E-state index contributed by atoms with van der Waals surface area (Å²) in [6, 6.07) is 0. The van der Waals surface area contributed by atoms with E-state index in [1.54, 1.807) is 0 Å². The number of nitrogens with one attached hydrogen (secondary N) is 1. The first-order chi connectivity index (χ1) is 14.3. The predicted molar refractivity (Wildman–Crippen MR) is 119 cm³/mol. The van der Waals surface area contributed by atoms with E-state index in [4.69, 9.17) is 14.6 Å². The molecule has 0 aliphatic carbocycles. The standard InChI is InChI=1S/C24H47NO4/c1-2-3-4-5-6-7-8-9-10-11-12-13-14-15-16-19-25-24(27)28-21-23-18-17-22(20-26)29-23/h22-23,26H,2-21H2,1H3,(H,25,27). The fraction of sp³-hybridized carbons (Fsp3) is 0.958. The monoisotopic (exact) mass is 413 g/mol. The van der Waals surface area contributed by atoms with Crippen molar-refractivity contribution in [1.29, 1.82) is 0 Å². The fourth-order valence-electron chi connectivity index (χ4n) is 3.94. The largest absolute Gasteiger partial charge is 0.447 e. The molecule has 2 atom stereocenters. The summed E-state index contributed by atoms with van der Waals surface area (Å²) >= 11 is 0. The van der Waals surface area contributed by atoms with Gasteiger partial charge >= 0.3 is 6.09 Å². The average molecular weight is 414 g/mol. The topological polar surface area (TPSA) is 67.8 Å². The fourth-order valence-corrected chi connectivity index (χ4v) is 3.94. The van der Waals surface area contributed by atoms with Crippen LogP contribution in [0.5, 0.6) is 0 Å². The van der Waals surface area contributed by atoms with Gasteiger partial charge in [0.15, 0.2) is 0 Å². The second-order valence-corrected chi connectivity index (χ2v) is 8.62. The number of amides is 1. The maximum absolute atomic E-state index is 11.7. The van der Waals surface area contributed by atoms with E-state index >= 15 is 0 Å². The van der Waals surface area contributed by atoms with Crippen LogP contribution in [-0.4, -0.2) is 43.2 Å². The zero-order chi connectivity index (χ0) is 21.0. The normalized spacial score (nSPS) is 18.8. The lowest BCUT2D eigenvalue weighted by atomic mass is 10.0. The van der Waals surface area contributed by atoms with Crippen LogP contribution in [0.3, 0.4) is 0 Å². The van der Waals surface area contributed by atoms with Gasteiger partial charge in [-0.05, 0) is 19.3 Å². The van der Waals surface area contributed by atoms with Gasteiger partial charge in [-0.3, -0.25) is 0 Å². The predicted octanol–water partition coefficient (Wildman–Crippen LogP) is 6.12. The second kappa shape index (κ2) is 19.2. The van der Waals surface area contributed by atoms with E-state index in [0.717, 1.165) is 19.3 Å². The van der Waals surface area contributed by atoms with Crippen molar-refractivity contribution >= 4 is 6.09 Å². The number of hydrogen-bond acceptors (Lipinski definition) is 4. The molecule has 1 rings (SSSR count). The van der Waals surface area contributed by atoms with Gasteiger partial charge in [-0.1, -0.05) is 96.8 Å². The minimum Gasteiger partial charge on any atom is -0.447 e. The Morgan fingerprint density at radius 1 is 0.828 bits per heavy atom. The van der Waals surface area contributed by atoms with E-state index in [2.05, 4.69) is 12.2 Å². The molecular weight excluding hydrogens is 366 g/mol. The summed E-state index contributed by atoms with van der Waals surface area (Å²) in [5.74, 6) is 0. The Morgan fingerprint density at radius 3 is 1.79 bits per heavy atom. The Labute approximate surface area is 179 Å². The maximum Gasteiger partial charge on any atom is 0.407 e. The zero-order valence-corrected chi connectivity index (χ0v) is 19.0. The summed E-state index contributed by atoms with van der Waals surface area (Å²) in [6.07, 6.45) is 21.3. The summed E-state index contributed by atoms with van der Waals surface area (Å²) in [6.45, 7) is 3.28. The minimum absolute atomic E-state index is 0.0435. The number of rotatable bonds is 19. The number of carbonyl (C=O) groups is 1. The average Bonchev–Trinajstić information content (AvgIpc) is 3.20. The van der Waals surface area contributed by atoms with Crippen molar-refractivity contribution in [3.8, 4) is 0 Å². The van der Waals surface area contributed by atoms with Gasteiger partial charge in [-0.2, -0.15) is 0 Å². The van der Waals surface area contributed by atoms with Crippen LogP contribution in [0.1, 0.15) is 116 Å². The van der Waals surface area contributed by atoms with Crippen LogP contribution in [0.15, 0.2) is 0 Å². The van der Waals surface area contributed by atoms with E-state index in [1.165, 1.54) is 89.9 Å². The Hall–Kier alpha value is -0.810. The molecule has 2 unspecified atom stereocenters. The van der Waals surface area contributed by atoms with Crippen LogP contribution in [-0.2, 0) is 9.47 Å². The zero-order valence-electron chi connectivity index (χ0n) is 19.0. The molecule has 0 aromatic carbocycles. The number of ether oxygens (including phenoxy) is 2. The van der Waals surface area contributed by atoms with Crippen molar-refractivity contribution in [3.63, 3.8) is 0 Å². The molecule has 0 aromatic heterocycles. The number of alkyl carbamates (subject to hydrolysis) is 1. The van der Waals surface area contributed by atoms with Crippen molar-refractivity contribution in [3.05, 3.63) is 0 Å². The highest BCUT2D eigenvalue weighted by molar-refractivity contribution is 5.67. The summed E-state index contributed by atoms with van der Waals surface area (Å²) < 4.78 is 10.7. The summed E-state index contributed by atoms with van der Waals surface area (Å²) in [7, 11) is 0. The number of hydrogen-bond donors (Lipinski definition) is 2. The van der Waals surface area contributed by atoms with E-state index in [1.807, 2.05) is 0 Å². The van der Waals surface area contributed by atoms with Gasteiger partial charge in [-0.15, -0.1) is 0 Å². The van der Waals surface area contributed by atoms with Crippen molar-refractivity contribution < 1.29 is 19.4 Å². The van der Waals surface area contributed by atoms with E-state index in [-0.39, 0.29) is 31.5 Å². The molecule has 29 heavy (non-hydrogen) atoms. The lowest BCUT2D eigenvalue weighted by molar-refractivity contribution is -0.0161. The number of aliphatic hydroxyl groups excluding tert-OH is 1. The molecule has 5 nitrogen and oxygen atoms in total. The smallest absolute Gasteiger partial charge is 0.407 e. The van der Waals surface area contributed by atoms with Crippen LogP contribution in [0.2, 0.25) is 0 Å². The SMILES string of the molecule is CCCCCCCCCCCCCCCCCNC(=O)OCC1CCC(CO)O1. The summed E-state index contributed by atoms with van der Waals surface area (Å²) in [4.78, 5) is 11.7. The molecule has 0 saturated carbocycles. The van der Waals surface area contributed by atoms with Crippen LogP contribution >= 0.6 is 0 Å². The van der Waals surface area contributed by atoms with Crippen LogP contribution in [0.25, 0.3) is 0 Å². The van der Waals surface area contributed by atoms with Crippen LogP contribution in [0.4, 0.5) is 4.79 Å². The third-order valence-electron chi connectivity index (χ3n) is 5.85. The number of carbonyl (C=O) groups excluding carboxylic acids is 1. The van der Waals surface area contributed by atoms with E-state index < -0.39 is 0 Å². The first-order valence-electron chi connectivity index (χ1n) is 12.4. The van der Waals surface area contributed by atoms with Gasteiger partial charge in [0, 0.05) is 6.54 Å². The molecule has 1 aliphatic heterocycles. The van der Waals surface area contributed by atoms with Crippen molar-refractivity contribution in [1.82, 2.24) is 5.32 Å². The number of unbranched alkanes of at least 4 members (excludes halogenated alkanes) is 14. The third-order valence-corrected chi connectivity index (χ3v) is 5.85. The summed E-state index contributed by atoms with van der Waals surface area (Å²) in [5.41, 5.74) is 0. The van der Waals surface area contributed by atoms with E-state index in [0.29, 0.717) is 6.54 Å². The van der Waals surface area contributed by atoms with E-state index in [9.17, 15) is 4.79 Å². The Morgan fingerprint density at radius 2 is 1.31 bits per heavy atom. The molecule has 1 amide bonds. The molecule has 0 bridgehead atoms. The lowest BCUT2D eigenvalue weighted by Gasteiger charge is -2.13. The quantitative estimate of drug-likeness (QED) is 0.250. The second-order valence-electron chi connectivity index (χ2n) is 8.62. The van der Waals surface area contributed by atoms with Gasteiger partial charge in [0.1, 0.15) is 6.61 Å². The van der Waals surface area contributed by atoms with Gasteiger partial charge in [0.2, 0.25) is 0 Å². The molecule has 2 N–H and O–H groups in total. The molecule has 172 valence electrons. The highest BCUT2D eigenvalue weighted by atomic mass is 16.6. The van der Waals surface area contributed by atoms with Crippen LogP contribution in [0, 0.1) is 0 Å². The lowest BCUT2D eigenvalue weighted by Crippen LogP contribution is -2.29. The Kier molecular flexibility index (Phi) is 17.3. The number of aliphatic hydroxyl groups is 1. The first kappa shape index (κ1) is 26.2. The molecule has 0 radical (unpaired) electrons. The van der Waals surface area contributed by atoms with Crippen LogP contribution < -0.4 is 5.32 Å². The van der Waals surface area contributed by atoms with Gasteiger partial charge in [-0.25, -0.2) is 4.79 Å². The molecule has 0 spiro atoms. The maximum atomic E-state index is 11.7. The highest BCUT2D eigenvalue weighted by Crippen LogP contribution is 2.19. The van der Waals surface area contributed by atoms with Gasteiger partial charge in [0.25, 0.3) is 0 Å². The van der Waals surface area contributed by atoms with Gasteiger partial charge in [0.05, 0.1) is 18.8 Å². The molecule has 5 heteroatoms. The molecule has 1 fully saturated rings. The molecule has 1 saturated heterocycles. The van der Waals surface area contributed by atoms with Gasteiger partial charge < -0.3 is 19.9 Å². The Bertz CT molecular complexity index is 378. The summed E-state index contributed by atoms with van der Waals surface area (Å²) in [5, 5.41) is 11.8. The molecule has 0 aromatic rings. The molecule has 1 aliphatic rings. The Balaban J connectivity index is 1.74. The third kappa shape index (κ3) is 15.7. The molecule has 1 heterocycles. The molecular formula is C24H47NO4. The van der Waals surface area contributed by atoms with Crippen molar-refractivity contribution in [2.75, 3.05) is 19.8 Å². The van der Waals surface area contributed by atoms with Crippen molar-refractivity contribution in [2.45, 2.75) is 128 Å². The minimum atomic E-state index is -0.355. The first-order valence-corrected chi connectivity index (χ1v) is 12.4.